The summed E-state index contributed by atoms with van der Waals surface area (Å²) in [4.78, 5) is 29.8. The summed E-state index contributed by atoms with van der Waals surface area (Å²) in [5.74, 6) is 0.204. The first-order chi connectivity index (χ1) is 14.5. The van der Waals surface area contributed by atoms with Crippen LogP contribution < -0.4 is 9.80 Å². The standard InChI is InChI=1S/C25H31N3O2/c1-19(2)21-10-8-20(9-11-21)17-26-12-14-27(15-13-26)18-28-24(29)16-23(25(28)30)22-6-4-3-5-7-22/h3-11,19,23H,12-18H2,1-2H3/p+2/t23-/m0/s1. The largest absolute Gasteiger partial charge is 0.322 e. The number of hydrogen-bond acceptors (Lipinski definition) is 2. The van der Waals surface area contributed by atoms with E-state index in [4.69, 9.17) is 0 Å². The Morgan fingerprint density at radius 2 is 1.53 bits per heavy atom. The third-order valence-corrected chi connectivity index (χ3v) is 6.59. The van der Waals surface area contributed by atoms with Crippen LogP contribution in [0.5, 0.6) is 0 Å². The molecule has 30 heavy (non-hydrogen) atoms. The highest BCUT2D eigenvalue weighted by molar-refractivity contribution is 6.06. The number of likely N-dealkylation sites (tertiary alicyclic amines) is 1. The van der Waals surface area contributed by atoms with Crippen molar-refractivity contribution >= 4 is 11.8 Å². The predicted octanol–water partition coefficient (Wildman–Crippen LogP) is 0.594. The van der Waals surface area contributed by atoms with E-state index in [2.05, 4.69) is 38.1 Å². The SMILES string of the molecule is CC(C)c1ccc(C[NH+]2CC[NH+](CN3C(=O)C[C@@H](c4ccccc4)C3=O)CC2)cc1. The molecule has 0 spiro atoms. The lowest BCUT2D eigenvalue weighted by molar-refractivity contribution is -1.02. The molecule has 2 heterocycles. The van der Waals surface area contributed by atoms with Crippen LogP contribution in [0.2, 0.25) is 0 Å². The molecule has 2 fully saturated rings. The molecule has 0 aromatic heterocycles. The van der Waals surface area contributed by atoms with Crippen LogP contribution in [0, 0.1) is 0 Å². The van der Waals surface area contributed by atoms with Gasteiger partial charge in [0.05, 0.1) is 5.92 Å². The monoisotopic (exact) mass is 407 g/mol. The highest BCUT2D eigenvalue weighted by Crippen LogP contribution is 2.28. The van der Waals surface area contributed by atoms with Gasteiger partial charge < -0.3 is 9.80 Å². The van der Waals surface area contributed by atoms with Crippen LogP contribution in [-0.2, 0) is 16.1 Å². The normalized spacial score (nSPS) is 24.6. The molecule has 1 atom stereocenters. The summed E-state index contributed by atoms with van der Waals surface area (Å²) in [6, 6.07) is 18.7. The molecule has 5 nitrogen and oxygen atoms in total. The molecular formula is C25H33N3O2+2. The molecule has 5 heteroatoms. The van der Waals surface area contributed by atoms with Gasteiger partial charge in [0.15, 0.2) is 6.67 Å². The van der Waals surface area contributed by atoms with Gasteiger partial charge in [-0.25, -0.2) is 4.90 Å². The number of benzene rings is 2. The van der Waals surface area contributed by atoms with E-state index in [0.29, 0.717) is 19.0 Å². The lowest BCUT2D eigenvalue weighted by Crippen LogP contribution is -3.28. The summed E-state index contributed by atoms with van der Waals surface area (Å²) in [7, 11) is 0. The van der Waals surface area contributed by atoms with Gasteiger partial charge in [-0.2, -0.15) is 0 Å². The number of imide groups is 1. The third-order valence-electron chi connectivity index (χ3n) is 6.59. The fourth-order valence-electron chi connectivity index (χ4n) is 4.62. The Balaban J connectivity index is 1.28. The maximum absolute atomic E-state index is 12.9. The summed E-state index contributed by atoms with van der Waals surface area (Å²) in [6.07, 6.45) is 0.305. The van der Waals surface area contributed by atoms with Gasteiger partial charge in [0, 0.05) is 12.0 Å². The number of hydrogen-bond donors (Lipinski definition) is 2. The quantitative estimate of drug-likeness (QED) is 0.689. The van der Waals surface area contributed by atoms with Crippen molar-refractivity contribution in [3.63, 3.8) is 0 Å². The second-order valence-electron chi connectivity index (χ2n) is 9.06. The lowest BCUT2D eigenvalue weighted by Gasteiger charge is -2.31. The van der Waals surface area contributed by atoms with Crippen molar-refractivity contribution in [2.24, 2.45) is 0 Å². The van der Waals surface area contributed by atoms with Gasteiger partial charge in [-0.05, 0) is 17.0 Å². The van der Waals surface area contributed by atoms with Gasteiger partial charge in [0.2, 0.25) is 11.8 Å². The van der Waals surface area contributed by atoms with E-state index in [1.807, 2.05) is 30.3 Å². The number of quaternary nitrogens is 2. The van der Waals surface area contributed by atoms with Crippen LogP contribution in [0.15, 0.2) is 54.6 Å². The van der Waals surface area contributed by atoms with Gasteiger partial charge in [-0.1, -0.05) is 68.4 Å². The van der Waals surface area contributed by atoms with E-state index >= 15 is 0 Å². The molecule has 2 aromatic carbocycles. The highest BCUT2D eigenvalue weighted by Gasteiger charge is 2.41. The first-order valence-corrected chi connectivity index (χ1v) is 11.2. The van der Waals surface area contributed by atoms with Crippen molar-refractivity contribution in [2.75, 3.05) is 32.8 Å². The molecule has 2 aliphatic rings. The summed E-state index contributed by atoms with van der Waals surface area (Å²) in [6.45, 7) is 10.1. The second kappa shape index (κ2) is 9.11. The molecule has 2 aromatic rings. The van der Waals surface area contributed by atoms with E-state index in [9.17, 15) is 9.59 Å². The Kier molecular flexibility index (Phi) is 6.30. The number of amides is 2. The zero-order valence-electron chi connectivity index (χ0n) is 18.1. The van der Waals surface area contributed by atoms with Crippen LogP contribution >= 0.6 is 0 Å². The Labute approximate surface area is 179 Å². The minimum atomic E-state index is -0.307. The van der Waals surface area contributed by atoms with Crippen molar-refractivity contribution in [1.29, 1.82) is 0 Å². The summed E-state index contributed by atoms with van der Waals surface area (Å²) < 4.78 is 0. The Bertz CT molecular complexity index is 871. The van der Waals surface area contributed by atoms with Crippen molar-refractivity contribution in [3.8, 4) is 0 Å². The van der Waals surface area contributed by atoms with Crippen molar-refractivity contribution in [3.05, 3.63) is 71.3 Å². The van der Waals surface area contributed by atoms with Gasteiger partial charge in [0.1, 0.15) is 32.7 Å². The first-order valence-electron chi connectivity index (χ1n) is 11.2. The number of nitrogens with one attached hydrogen (secondary N) is 2. The number of rotatable bonds is 6. The molecule has 0 bridgehead atoms. The Morgan fingerprint density at radius 3 is 2.17 bits per heavy atom. The van der Waals surface area contributed by atoms with E-state index < -0.39 is 0 Å². The molecule has 0 saturated carbocycles. The molecule has 0 unspecified atom stereocenters. The zero-order valence-corrected chi connectivity index (χ0v) is 18.1. The van der Waals surface area contributed by atoms with Crippen molar-refractivity contribution in [1.82, 2.24) is 4.90 Å². The maximum Gasteiger partial charge on any atom is 0.241 e. The minimum Gasteiger partial charge on any atom is -0.322 e. The highest BCUT2D eigenvalue weighted by atomic mass is 16.2. The van der Waals surface area contributed by atoms with E-state index in [0.717, 1.165) is 38.3 Å². The van der Waals surface area contributed by atoms with E-state index in [1.54, 1.807) is 4.90 Å². The average Bonchev–Trinajstić information content (AvgIpc) is 3.04. The summed E-state index contributed by atoms with van der Waals surface area (Å²) in [5, 5.41) is 0. The number of piperazine rings is 1. The van der Waals surface area contributed by atoms with Crippen molar-refractivity contribution in [2.45, 2.75) is 38.6 Å². The van der Waals surface area contributed by atoms with Gasteiger partial charge in [-0.15, -0.1) is 0 Å². The van der Waals surface area contributed by atoms with Crippen molar-refractivity contribution < 1.29 is 19.4 Å². The summed E-state index contributed by atoms with van der Waals surface area (Å²) in [5.41, 5.74) is 3.72. The fourth-order valence-corrected chi connectivity index (χ4v) is 4.62. The third kappa shape index (κ3) is 4.63. The number of carbonyl (C=O) groups excluding carboxylic acids is 2. The lowest BCUT2D eigenvalue weighted by atomic mass is 9.98. The van der Waals surface area contributed by atoms with Crippen LogP contribution in [0.4, 0.5) is 0 Å². The fraction of sp³-hybridized carbons (Fsp3) is 0.440. The van der Waals surface area contributed by atoms with E-state index in [-0.39, 0.29) is 17.7 Å². The Hall–Kier alpha value is -2.50. The van der Waals surface area contributed by atoms with Crippen LogP contribution in [0.25, 0.3) is 0 Å². The smallest absolute Gasteiger partial charge is 0.241 e. The Morgan fingerprint density at radius 1 is 0.900 bits per heavy atom. The average molecular weight is 408 g/mol. The topological polar surface area (TPSA) is 46.3 Å². The molecule has 2 amide bonds. The van der Waals surface area contributed by atoms with Crippen LogP contribution in [0.1, 0.15) is 48.8 Å². The summed E-state index contributed by atoms with van der Waals surface area (Å²) >= 11 is 0. The van der Waals surface area contributed by atoms with Gasteiger partial charge in [0.25, 0.3) is 0 Å². The molecule has 2 aliphatic heterocycles. The number of carbonyl (C=O) groups is 2. The zero-order chi connectivity index (χ0) is 21.1. The molecule has 158 valence electrons. The first kappa shape index (κ1) is 20.8. The van der Waals surface area contributed by atoms with Crippen LogP contribution in [0.3, 0.4) is 0 Å². The molecular weight excluding hydrogens is 374 g/mol. The number of nitrogens with zero attached hydrogens (tertiary/aromatic N) is 1. The minimum absolute atomic E-state index is 0.0265. The molecule has 4 rings (SSSR count). The second-order valence-corrected chi connectivity index (χ2v) is 9.06. The van der Waals surface area contributed by atoms with Gasteiger partial charge >= 0.3 is 0 Å². The molecule has 0 radical (unpaired) electrons. The molecule has 2 saturated heterocycles. The molecule has 0 aliphatic carbocycles. The maximum atomic E-state index is 12.9. The van der Waals surface area contributed by atoms with Gasteiger partial charge in [-0.3, -0.25) is 9.59 Å². The van der Waals surface area contributed by atoms with E-state index in [1.165, 1.54) is 20.9 Å². The predicted molar refractivity (Wildman–Crippen MR) is 116 cm³/mol. The van der Waals surface area contributed by atoms with Crippen LogP contribution in [-0.4, -0.2) is 49.6 Å². The molecule has 2 N–H and O–H groups in total.